The first-order chi connectivity index (χ1) is 18.5. The van der Waals surface area contributed by atoms with Crippen LogP contribution in [0.5, 0.6) is 17.5 Å². The number of anilines is 1. The summed E-state index contributed by atoms with van der Waals surface area (Å²) in [5.74, 6) is 2.36. The van der Waals surface area contributed by atoms with Gasteiger partial charge in [0, 0.05) is 17.8 Å². The van der Waals surface area contributed by atoms with Gasteiger partial charge in [0.25, 0.3) is 0 Å². The summed E-state index contributed by atoms with van der Waals surface area (Å²) in [5, 5.41) is 18.2. The Bertz CT molecular complexity index is 1320. The molecule has 9 heteroatoms. The standard InChI is InChI=1S/C29H32N4O5/c1-20(2)16-36-29-31-28(22-8-13-26-27(14-22)38-19-37-26)33(32-29)24-11-9-23(10-12-24)30-15-25(34)18-35-17-21-6-4-3-5-7-21/h3-14,20,25,30,34H,15-19H2,1-2H3. The SMILES string of the molecule is CC(C)COc1nc(-c2ccc3c(c2)OCO3)n(-c2ccc(NCC(O)COCc3ccccc3)cc2)n1. The highest BCUT2D eigenvalue weighted by Gasteiger charge is 2.19. The number of benzene rings is 3. The maximum absolute atomic E-state index is 10.3. The van der Waals surface area contributed by atoms with E-state index < -0.39 is 6.10 Å². The number of nitrogens with zero attached hydrogens (tertiary/aromatic N) is 3. The topological polar surface area (TPSA) is 99.9 Å². The van der Waals surface area contributed by atoms with E-state index in [1.54, 1.807) is 4.68 Å². The zero-order valence-electron chi connectivity index (χ0n) is 21.5. The van der Waals surface area contributed by atoms with Crippen LogP contribution in [0.15, 0.2) is 72.8 Å². The molecule has 1 aromatic heterocycles. The van der Waals surface area contributed by atoms with Crippen LogP contribution < -0.4 is 19.5 Å². The summed E-state index contributed by atoms with van der Waals surface area (Å²) in [6, 6.07) is 23.7. The molecule has 0 fully saturated rings. The maximum Gasteiger partial charge on any atom is 0.336 e. The third-order valence-electron chi connectivity index (χ3n) is 5.84. The third kappa shape index (κ3) is 6.42. The van der Waals surface area contributed by atoms with Crippen LogP contribution in [0.1, 0.15) is 19.4 Å². The first kappa shape index (κ1) is 25.6. The highest BCUT2D eigenvalue weighted by atomic mass is 16.7. The molecule has 1 aliphatic heterocycles. The number of hydrogen-bond donors (Lipinski definition) is 2. The molecule has 5 rings (SSSR count). The van der Waals surface area contributed by atoms with Gasteiger partial charge in [0.05, 0.1) is 31.6 Å². The third-order valence-corrected chi connectivity index (χ3v) is 5.84. The molecule has 9 nitrogen and oxygen atoms in total. The highest BCUT2D eigenvalue weighted by molar-refractivity contribution is 5.64. The minimum Gasteiger partial charge on any atom is -0.462 e. The molecule has 0 radical (unpaired) electrons. The smallest absolute Gasteiger partial charge is 0.336 e. The van der Waals surface area contributed by atoms with Crippen molar-refractivity contribution < 1.29 is 24.1 Å². The van der Waals surface area contributed by atoms with E-state index in [1.807, 2.05) is 72.8 Å². The molecule has 4 aromatic rings. The van der Waals surface area contributed by atoms with Gasteiger partial charge in [-0.25, -0.2) is 4.68 Å². The van der Waals surface area contributed by atoms with Crippen LogP contribution in [-0.4, -0.2) is 52.5 Å². The molecule has 0 spiro atoms. The van der Waals surface area contributed by atoms with E-state index in [2.05, 4.69) is 29.2 Å². The summed E-state index contributed by atoms with van der Waals surface area (Å²) in [6.45, 7) is 5.96. The van der Waals surface area contributed by atoms with Crippen molar-refractivity contribution in [3.8, 4) is 34.6 Å². The molecule has 198 valence electrons. The fraction of sp³-hybridized carbons (Fsp3) is 0.310. The summed E-state index contributed by atoms with van der Waals surface area (Å²) in [7, 11) is 0. The molecule has 38 heavy (non-hydrogen) atoms. The molecule has 1 aliphatic rings. The van der Waals surface area contributed by atoms with Crippen molar-refractivity contribution in [2.45, 2.75) is 26.6 Å². The quantitative estimate of drug-likeness (QED) is 0.280. The van der Waals surface area contributed by atoms with Gasteiger partial charge in [0.1, 0.15) is 0 Å². The van der Waals surface area contributed by atoms with Crippen LogP contribution in [0, 0.1) is 5.92 Å². The summed E-state index contributed by atoms with van der Waals surface area (Å²) >= 11 is 0. The normalized spacial score (nSPS) is 13.1. The Morgan fingerprint density at radius 1 is 0.974 bits per heavy atom. The second kappa shape index (κ2) is 12.0. The minimum atomic E-state index is -0.632. The molecule has 0 saturated carbocycles. The maximum atomic E-state index is 10.3. The van der Waals surface area contributed by atoms with Crippen molar-refractivity contribution >= 4 is 5.69 Å². The molecule has 1 unspecified atom stereocenters. The Morgan fingerprint density at radius 3 is 2.55 bits per heavy atom. The van der Waals surface area contributed by atoms with Crippen molar-refractivity contribution in [2.24, 2.45) is 5.92 Å². The largest absolute Gasteiger partial charge is 0.462 e. The number of aliphatic hydroxyl groups excluding tert-OH is 1. The first-order valence-electron chi connectivity index (χ1n) is 12.7. The van der Waals surface area contributed by atoms with Gasteiger partial charge in [-0.1, -0.05) is 44.2 Å². The highest BCUT2D eigenvalue weighted by Crippen LogP contribution is 2.36. The summed E-state index contributed by atoms with van der Waals surface area (Å²) < 4.78 is 24.2. The van der Waals surface area contributed by atoms with E-state index in [-0.39, 0.29) is 13.4 Å². The lowest BCUT2D eigenvalue weighted by atomic mass is 10.2. The number of rotatable bonds is 12. The second-order valence-electron chi connectivity index (χ2n) is 9.49. The number of hydrogen-bond acceptors (Lipinski definition) is 8. The number of aliphatic hydroxyl groups is 1. The van der Waals surface area contributed by atoms with E-state index in [0.29, 0.717) is 49.0 Å². The van der Waals surface area contributed by atoms with Crippen molar-refractivity contribution in [3.63, 3.8) is 0 Å². The first-order valence-corrected chi connectivity index (χ1v) is 12.7. The number of aromatic nitrogens is 3. The van der Waals surface area contributed by atoms with Crippen LogP contribution in [0.3, 0.4) is 0 Å². The summed E-state index contributed by atoms with van der Waals surface area (Å²) in [4.78, 5) is 4.66. The predicted octanol–water partition coefficient (Wildman–Crippen LogP) is 4.69. The lowest BCUT2D eigenvalue weighted by Gasteiger charge is -2.14. The van der Waals surface area contributed by atoms with E-state index >= 15 is 0 Å². The van der Waals surface area contributed by atoms with Gasteiger partial charge >= 0.3 is 6.01 Å². The molecular formula is C29H32N4O5. The number of ether oxygens (including phenoxy) is 4. The van der Waals surface area contributed by atoms with Crippen LogP contribution in [0.25, 0.3) is 17.1 Å². The molecule has 0 amide bonds. The molecule has 1 atom stereocenters. The molecular weight excluding hydrogens is 484 g/mol. The monoisotopic (exact) mass is 516 g/mol. The van der Waals surface area contributed by atoms with E-state index in [1.165, 1.54) is 0 Å². The fourth-order valence-corrected chi connectivity index (χ4v) is 3.90. The minimum absolute atomic E-state index is 0.205. The summed E-state index contributed by atoms with van der Waals surface area (Å²) in [5.41, 5.74) is 3.61. The van der Waals surface area contributed by atoms with Gasteiger partial charge in [0.2, 0.25) is 6.79 Å². The second-order valence-corrected chi connectivity index (χ2v) is 9.49. The summed E-state index contributed by atoms with van der Waals surface area (Å²) in [6.07, 6.45) is -0.632. The molecule has 2 N–H and O–H groups in total. The van der Waals surface area contributed by atoms with Crippen LogP contribution in [-0.2, 0) is 11.3 Å². The Balaban J connectivity index is 1.25. The van der Waals surface area contributed by atoms with Crippen molar-refractivity contribution in [1.29, 1.82) is 0 Å². The van der Waals surface area contributed by atoms with Crippen molar-refractivity contribution in [2.75, 3.05) is 31.9 Å². The van der Waals surface area contributed by atoms with Crippen LogP contribution >= 0.6 is 0 Å². The lowest BCUT2D eigenvalue weighted by molar-refractivity contribution is 0.0348. The van der Waals surface area contributed by atoms with Gasteiger partial charge in [-0.2, -0.15) is 4.98 Å². The van der Waals surface area contributed by atoms with E-state index in [0.717, 1.165) is 22.5 Å². The van der Waals surface area contributed by atoms with Gasteiger partial charge in [0.15, 0.2) is 17.3 Å². The van der Waals surface area contributed by atoms with E-state index in [9.17, 15) is 5.11 Å². The molecule has 3 aromatic carbocycles. The number of nitrogens with one attached hydrogen (secondary N) is 1. The zero-order chi connectivity index (χ0) is 26.3. The lowest BCUT2D eigenvalue weighted by Crippen LogP contribution is -2.24. The Labute approximate surface area is 222 Å². The fourth-order valence-electron chi connectivity index (χ4n) is 3.90. The Kier molecular flexibility index (Phi) is 8.06. The van der Waals surface area contributed by atoms with Crippen LogP contribution in [0.4, 0.5) is 5.69 Å². The van der Waals surface area contributed by atoms with Crippen LogP contribution in [0.2, 0.25) is 0 Å². The molecule has 2 heterocycles. The van der Waals surface area contributed by atoms with Crippen molar-refractivity contribution in [1.82, 2.24) is 14.8 Å². The van der Waals surface area contributed by atoms with E-state index in [4.69, 9.17) is 18.9 Å². The molecule has 0 bridgehead atoms. The average molecular weight is 517 g/mol. The number of fused-ring (bicyclic) bond motifs is 1. The zero-order valence-corrected chi connectivity index (χ0v) is 21.5. The van der Waals surface area contributed by atoms with Gasteiger partial charge in [-0.15, -0.1) is 5.10 Å². The van der Waals surface area contributed by atoms with Gasteiger partial charge in [-0.3, -0.25) is 0 Å². The molecule has 0 saturated heterocycles. The van der Waals surface area contributed by atoms with Gasteiger partial charge in [-0.05, 0) is 53.9 Å². The Morgan fingerprint density at radius 2 is 1.76 bits per heavy atom. The predicted molar refractivity (Wildman–Crippen MR) is 144 cm³/mol. The van der Waals surface area contributed by atoms with Gasteiger partial charge < -0.3 is 29.4 Å². The average Bonchev–Trinajstić information content (AvgIpc) is 3.58. The van der Waals surface area contributed by atoms with Crippen molar-refractivity contribution in [3.05, 3.63) is 78.4 Å². The molecule has 0 aliphatic carbocycles. The Hall–Kier alpha value is -4.08.